The zero-order chi connectivity index (χ0) is 11.5. The van der Waals surface area contributed by atoms with Crippen LogP contribution >= 0.6 is 11.8 Å². The van der Waals surface area contributed by atoms with Gasteiger partial charge in [-0.1, -0.05) is 35.0 Å². The Morgan fingerprint density at radius 2 is 2.00 bits per heavy atom. The van der Waals surface area contributed by atoms with Gasteiger partial charge in [0.05, 0.1) is 6.57 Å². The molecule has 0 aliphatic carbocycles. The fourth-order valence-electron chi connectivity index (χ4n) is 1.40. The monoisotopic (exact) mass is 230 g/mol. The van der Waals surface area contributed by atoms with Crippen LogP contribution < -0.4 is 0 Å². The van der Waals surface area contributed by atoms with Gasteiger partial charge in [0.25, 0.3) is 5.69 Å². The Hall–Kier alpha value is -1.73. The maximum atomic E-state index is 7.15. The van der Waals surface area contributed by atoms with Crippen molar-refractivity contribution in [2.24, 2.45) is 0 Å². The van der Waals surface area contributed by atoms with Gasteiger partial charge in [0.1, 0.15) is 5.03 Å². The van der Waals surface area contributed by atoms with Gasteiger partial charge in [0.15, 0.2) is 5.76 Å². The van der Waals surface area contributed by atoms with Gasteiger partial charge in [0.2, 0.25) is 0 Å². The third kappa shape index (κ3) is 1.82. The minimum Gasteiger partial charge on any atom is -0.368 e. The molecule has 0 N–H and O–H groups in total. The first-order chi connectivity index (χ1) is 7.76. The van der Waals surface area contributed by atoms with E-state index in [2.05, 4.69) is 10.0 Å². The second-order valence-corrected chi connectivity index (χ2v) is 4.14. The molecule has 80 valence electrons. The van der Waals surface area contributed by atoms with Crippen molar-refractivity contribution in [3.63, 3.8) is 0 Å². The average Bonchev–Trinajstić information content (AvgIpc) is 2.72. The summed E-state index contributed by atoms with van der Waals surface area (Å²) in [5.74, 6) is 0.555. The minimum atomic E-state index is 0.497. The van der Waals surface area contributed by atoms with Crippen LogP contribution in [-0.4, -0.2) is 11.4 Å². The Morgan fingerprint density at radius 3 is 2.56 bits per heavy atom. The SMILES string of the molecule is [C-]#[N+]c1c(SC)noc1-c1ccc(C)cc1. The molecule has 2 rings (SSSR count). The number of aromatic nitrogens is 1. The summed E-state index contributed by atoms with van der Waals surface area (Å²) in [6.07, 6.45) is 1.88. The molecule has 0 radical (unpaired) electrons. The van der Waals surface area contributed by atoms with Crippen LogP contribution in [0.3, 0.4) is 0 Å². The predicted octanol–water partition coefficient (Wildman–Crippen LogP) is 3.92. The normalized spacial score (nSPS) is 10.1. The van der Waals surface area contributed by atoms with E-state index < -0.39 is 0 Å². The Kier molecular flexibility index (Phi) is 2.97. The van der Waals surface area contributed by atoms with Crippen LogP contribution in [0, 0.1) is 13.5 Å². The molecular formula is C12H10N2OS. The van der Waals surface area contributed by atoms with Crippen molar-refractivity contribution in [2.45, 2.75) is 11.9 Å². The highest BCUT2D eigenvalue weighted by atomic mass is 32.2. The fraction of sp³-hybridized carbons (Fsp3) is 0.167. The number of aryl methyl sites for hydroxylation is 1. The fourth-order valence-corrected chi connectivity index (χ4v) is 1.84. The van der Waals surface area contributed by atoms with Crippen molar-refractivity contribution < 1.29 is 4.52 Å². The molecule has 0 amide bonds. The van der Waals surface area contributed by atoms with E-state index in [0.717, 1.165) is 5.56 Å². The van der Waals surface area contributed by atoms with Crippen LogP contribution in [-0.2, 0) is 0 Å². The van der Waals surface area contributed by atoms with Crippen LogP contribution in [0.15, 0.2) is 33.8 Å². The zero-order valence-electron chi connectivity index (χ0n) is 9.02. The number of benzene rings is 1. The van der Waals surface area contributed by atoms with Gasteiger partial charge in [-0.15, -0.1) is 11.8 Å². The number of nitrogens with zero attached hydrogens (tertiary/aromatic N) is 2. The number of rotatable bonds is 2. The zero-order valence-corrected chi connectivity index (χ0v) is 9.84. The standard InChI is InChI=1S/C12H10N2OS/c1-8-4-6-9(7-5-8)11-10(13-2)12(16-3)14-15-11/h4-7H,1,3H3. The lowest BCUT2D eigenvalue weighted by atomic mass is 10.1. The molecule has 4 heteroatoms. The van der Waals surface area contributed by atoms with E-state index in [4.69, 9.17) is 11.1 Å². The molecule has 0 unspecified atom stereocenters. The Balaban J connectivity index is 2.52. The lowest BCUT2D eigenvalue weighted by Gasteiger charge is -1.97. The Bertz CT molecular complexity index is 537. The maximum absolute atomic E-state index is 7.15. The molecular weight excluding hydrogens is 220 g/mol. The van der Waals surface area contributed by atoms with Crippen molar-refractivity contribution in [3.8, 4) is 11.3 Å². The summed E-state index contributed by atoms with van der Waals surface area (Å²) < 4.78 is 5.22. The number of hydrogen-bond donors (Lipinski definition) is 0. The highest BCUT2D eigenvalue weighted by Crippen LogP contribution is 2.37. The first-order valence-electron chi connectivity index (χ1n) is 4.74. The summed E-state index contributed by atoms with van der Waals surface area (Å²) in [7, 11) is 0. The summed E-state index contributed by atoms with van der Waals surface area (Å²) >= 11 is 1.42. The van der Waals surface area contributed by atoms with E-state index in [-0.39, 0.29) is 0 Å². The quantitative estimate of drug-likeness (QED) is 0.578. The van der Waals surface area contributed by atoms with Gasteiger partial charge in [-0.25, -0.2) is 4.85 Å². The molecule has 16 heavy (non-hydrogen) atoms. The summed E-state index contributed by atoms with van der Waals surface area (Å²) in [5.41, 5.74) is 2.57. The summed E-state index contributed by atoms with van der Waals surface area (Å²) in [6, 6.07) is 7.86. The molecule has 0 fully saturated rings. The van der Waals surface area contributed by atoms with E-state index >= 15 is 0 Å². The lowest BCUT2D eigenvalue weighted by Crippen LogP contribution is -1.75. The molecule has 0 saturated heterocycles. The predicted molar refractivity (Wildman–Crippen MR) is 64.7 cm³/mol. The molecule has 0 bridgehead atoms. The Morgan fingerprint density at radius 1 is 1.31 bits per heavy atom. The molecule has 2 aromatic rings. The van der Waals surface area contributed by atoms with Gasteiger partial charge in [-0.05, 0) is 13.2 Å². The summed E-state index contributed by atoms with van der Waals surface area (Å²) in [4.78, 5) is 3.47. The molecule has 0 spiro atoms. The molecule has 3 nitrogen and oxygen atoms in total. The van der Waals surface area contributed by atoms with Crippen molar-refractivity contribution in [2.75, 3.05) is 6.26 Å². The topological polar surface area (TPSA) is 30.4 Å². The third-order valence-corrected chi connectivity index (χ3v) is 2.91. The van der Waals surface area contributed by atoms with E-state index in [1.165, 1.54) is 17.3 Å². The van der Waals surface area contributed by atoms with Crippen LogP contribution in [0.1, 0.15) is 5.56 Å². The van der Waals surface area contributed by atoms with Crippen LogP contribution in [0.4, 0.5) is 5.69 Å². The molecule has 0 saturated carbocycles. The van der Waals surface area contributed by atoms with Crippen molar-refractivity contribution in [1.29, 1.82) is 0 Å². The van der Waals surface area contributed by atoms with Gasteiger partial charge >= 0.3 is 0 Å². The van der Waals surface area contributed by atoms with Gasteiger partial charge in [-0.3, -0.25) is 0 Å². The van der Waals surface area contributed by atoms with Crippen LogP contribution in [0.5, 0.6) is 0 Å². The maximum Gasteiger partial charge on any atom is 0.266 e. The highest BCUT2D eigenvalue weighted by molar-refractivity contribution is 7.98. The van der Waals surface area contributed by atoms with Crippen molar-refractivity contribution >= 4 is 17.4 Å². The minimum absolute atomic E-state index is 0.497. The van der Waals surface area contributed by atoms with Crippen LogP contribution in [0.25, 0.3) is 16.2 Å². The molecule has 1 aromatic heterocycles. The molecule has 1 heterocycles. The van der Waals surface area contributed by atoms with Crippen molar-refractivity contribution in [3.05, 3.63) is 41.2 Å². The molecule has 0 aliphatic rings. The highest BCUT2D eigenvalue weighted by Gasteiger charge is 2.16. The number of thioether (sulfide) groups is 1. The van der Waals surface area contributed by atoms with E-state index in [1.54, 1.807) is 0 Å². The van der Waals surface area contributed by atoms with Gasteiger partial charge in [0, 0.05) is 5.56 Å². The summed E-state index contributed by atoms with van der Waals surface area (Å²) in [6.45, 7) is 9.17. The average molecular weight is 230 g/mol. The van der Waals surface area contributed by atoms with Crippen LogP contribution in [0.2, 0.25) is 0 Å². The second kappa shape index (κ2) is 4.42. The molecule has 0 aliphatic heterocycles. The lowest BCUT2D eigenvalue weighted by molar-refractivity contribution is 0.415. The van der Waals surface area contributed by atoms with Gasteiger partial charge in [-0.2, -0.15) is 0 Å². The smallest absolute Gasteiger partial charge is 0.266 e. The molecule has 1 aromatic carbocycles. The third-order valence-electron chi connectivity index (χ3n) is 2.26. The van der Waals surface area contributed by atoms with E-state index in [0.29, 0.717) is 16.5 Å². The Labute approximate surface area is 98.3 Å². The van der Waals surface area contributed by atoms with Crippen molar-refractivity contribution in [1.82, 2.24) is 5.16 Å². The first kappa shape index (κ1) is 10.8. The largest absolute Gasteiger partial charge is 0.368 e. The summed E-state index contributed by atoms with van der Waals surface area (Å²) in [5, 5.41) is 4.52. The van der Waals surface area contributed by atoms with Gasteiger partial charge < -0.3 is 4.52 Å². The molecule has 0 atom stereocenters. The van der Waals surface area contributed by atoms with E-state index in [9.17, 15) is 0 Å². The first-order valence-corrected chi connectivity index (χ1v) is 5.97. The second-order valence-electron chi connectivity index (χ2n) is 3.35. The number of hydrogen-bond acceptors (Lipinski definition) is 3. The van der Waals surface area contributed by atoms with E-state index in [1.807, 2.05) is 37.4 Å².